The minimum atomic E-state index is 0.214. The number of hydrogen-bond acceptors (Lipinski definition) is 8. The maximum absolute atomic E-state index is 5.28. The van der Waals surface area contributed by atoms with E-state index in [0.29, 0.717) is 11.6 Å². The predicted molar refractivity (Wildman–Crippen MR) is 70.7 cm³/mol. The highest BCUT2D eigenvalue weighted by Crippen LogP contribution is 2.24. The molecule has 0 bridgehead atoms. The van der Waals surface area contributed by atoms with E-state index in [1.165, 1.54) is 11.5 Å². The molecular formula is C11H16N6OS. The highest BCUT2D eigenvalue weighted by molar-refractivity contribution is 7.03. The first-order chi connectivity index (χ1) is 9.38. The van der Waals surface area contributed by atoms with Gasteiger partial charge in [0.05, 0.1) is 6.04 Å². The average Bonchev–Trinajstić information content (AvgIpc) is 3.11. The smallest absolute Gasteiger partial charge is 0.279 e. The third-order valence-electron chi connectivity index (χ3n) is 3.30. The molecule has 1 aliphatic rings. The molecule has 0 amide bonds. The zero-order valence-electron chi connectivity index (χ0n) is 10.7. The van der Waals surface area contributed by atoms with Crippen molar-refractivity contribution in [2.75, 3.05) is 26.2 Å². The van der Waals surface area contributed by atoms with Crippen LogP contribution >= 0.6 is 11.5 Å². The first kappa shape index (κ1) is 12.6. The molecule has 1 unspecified atom stereocenters. The van der Waals surface area contributed by atoms with Crippen LogP contribution in [-0.4, -0.2) is 50.8 Å². The SMILES string of the molecule is CCC(c1noc(-c2csnn2)n1)N1CCNCC1. The largest absolute Gasteiger partial charge is 0.332 e. The van der Waals surface area contributed by atoms with Gasteiger partial charge in [-0.3, -0.25) is 4.90 Å². The minimum absolute atomic E-state index is 0.214. The van der Waals surface area contributed by atoms with Crippen LogP contribution in [0.1, 0.15) is 25.2 Å². The second-order valence-corrected chi connectivity index (χ2v) is 5.07. The van der Waals surface area contributed by atoms with Gasteiger partial charge >= 0.3 is 0 Å². The van der Waals surface area contributed by atoms with Crippen LogP contribution in [0.3, 0.4) is 0 Å². The summed E-state index contributed by atoms with van der Waals surface area (Å²) in [5.41, 5.74) is 0.652. The normalized spacial score (nSPS) is 18.6. The molecule has 1 aliphatic heterocycles. The lowest BCUT2D eigenvalue weighted by Gasteiger charge is -2.32. The molecular weight excluding hydrogens is 264 g/mol. The van der Waals surface area contributed by atoms with E-state index >= 15 is 0 Å². The quantitative estimate of drug-likeness (QED) is 0.892. The Kier molecular flexibility index (Phi) is 3.81. The molecule has 0 aromatic carbocycles. The van der Waals surface area contributed by atoms with Crippen molar-refractivity contribution >= 4 is 11.5 Å². The van der Waals surface area contributed by atoms with E-state index in [2.05, 4.69) is 36.9 Å². The van der Waals surface area contributed by atoms with E-state index in [1.807, 2.05) is 5.38 Å². The monoisotopic (exact) mass is 280 g/mol. The molecule has 1 N–H and O–H groups in total. The van der Waals surface area contributed by atoms with Gasteiger partial charge in [-0.25, -0.2) is 0 Å². The standard InChI is InChI=1S/C11H16N6OS/c1-2-9(17-5-3-12-4-6-17)10-13-11(18-15-10)8-7-19-16-14-8/h7,9,12H,2-6H2,1H3. The maximum Gasteiger partial charge on any atom is 0.279 e. The Bertz CT molecular complexity index is 507. The molecule has 1 saturated heterocycles. The summed E-state index contributed by atoms with van der Waals surface area (Å²) in [5.74, 6) is 1.20. The fraction of sp³-hybridized carbons (Fsp3) is 0.636. The molecule has 7 nitrogen and oxygen atoms in total. The maximum atomic E-state index is 5.28. The van der Waals surface area contributed by atoms with Crippen molar-refractivity contribution < 1.29 is 4.52 Å². The van der Waals surface area contributed by atoms with Crippen molar-refractivity contribution in [3.63, 3.8) is 0 Å². The summed E-state index contributed by atoms with van der Waals surface area (Å²) in [6.45, 7) is 6.20. The Morgan fingerprint density at radius 3 is 3.00 bits per heavy atom. The van der Waals surface area contributed by atoms with E-state index < -0.39 is 0 Å². The summed E-state index contributed by atoms with van der Waals surface area (Å²) in [7, 11) is 0. The van der Waals surface area contributed by atoms with E-state index in [4.69, 9.17) is 4.52 Å². The third-order valence-corrected chi connectivity index (χ3v) is 3.80. The Balaban J connectivity index is 1.79. The Morgan fingerprint density at radius 2 is 2.32 bits per heavy atom. The van der Waals surface area contributed by atoms with Crippen LogP contribution in [0.15, 0.2) is 9.90 Å². The number of hydrogen-bond donors (Lipinski definition) is 1. The third kappa shape index (κ3) is 2.65. The van der Waals surface area contributed by atoms with Crippen LogP contribution in [0.2, 0.25) is 0 Å². The van der Waals surface area contributed by atoms with Crippen molar-refractivity contribution in [3.05, 3.63) is 11.2 Å². The molecule has 2 aromatic heterocycles. The number of rotatable bonds is 4. The summed E-state index contributed by atoms with van der Waals surface area (Å²) in [6.07, 6.45) is 0.967. The first-order valence-electron chi connectivity index (χ1n) is 6.44. The fourth-order valence-corrected chi connectivity index (χ4v) is 2.76. The van der Waals surface area contributed by atoms with Gasteiger partial charge in [0, 0.05) is 31.6 Å². The lowest BCUT2D eigenvalue weighted by Crippen LogP contribution is -2.45. The zero-order valence-corrected chi connectivity index (χ0v) is 11.6. The van der Waals surface area contributed by atoms with Gasteiger partial charge in [-0.05, 0) is 18.0 Å². The molecule has 0 aliphatic carbocycles. The van der Waals surface area contributed by atoms with Gasteiger partial charge < -0.3 is 9.84 Å². The van der Waals surface area contributed by atoms with E-state index in [-0.39, 0.29) is 6.04 Å². The van der Waals surface area contributed by atoms with E-state index in [9.17, 15) is 0 Å². The lowest BCUT2D eigenvalue weighted by molar-refractivity contribution is 0.160. The molecule has 3 heterocycles. The Hall–Kier alpha value is -1.38. The van der Waals surface area contributed by atoms with Crippen LogP contribution in [0.5, 0.6) is 0 Å². The second-order valence-electron chi connectivity index (χ2n) is 4.46. The number of piperazine rings is 1. The Labute approximate surface area is 115 Å². The van der Waals surface area contributed by atoms with E-state index in [0.717, 1.165) is 38.4 Å². The summed E-state index contributed by atoms with van der Waals surface area (Å²) >= 11 is 1.28. The molecule has 1 atom stereocenters. The molecule has 1 fully saturated rings. The summed E-state index contributed by atoms with van der Waals surface area (Å²) < 4.78 is 9.09. The number of aromatic nitrogens is 4. The van der Waals surface area contributed by atoms with Gasteiger partial charge in [0.25, 0.3) is 5.89 Å². The van der Waals surface area contributed by atoms with Crippen LogP contribution in [0.25, 0.3) is 11.6 Å². The molecule has 19 heavy (non-hydrogen) atoms. The topological polar surface area (TPSA) is 80.0 Å². The van der Waals surface area contributed by atoms with Gasteiger partial charge in [-0.1, -0.05) is 16.6 Å². The van der Waals surface area contributed by atoms with E-state index in [1.54, 1.807) is 0 Å². The Morgan fingerprint density at radius 1 is 1.47 bits per heavy atom. The molecule has 0 saturated carbocycles. The summed E-state index contributed by atoms with van der Waals surface area (Å²) in [5, 5.41) is 13.2. The molecule has 3 rings (SSSR count). The van der Waals surface area contributed by atoms with Crippen molar-refractivity contribution in [1.29, 1.82) is 0 Å². The fourth-order valence-electron chi connectivity index (χ4n) is 2.33. The molecule has 8 heteroatoms. The van der Waals surface area contributed by atoms with Crippen LogP contribution < -0.4 is 5.32 Å². The lowest BCUT2D eigenvalue weighted by atomic mass is 10.1. The van der Waals surface area contributed by atoms with Crippen LogP contribution in [0, 0.1) is 0 Å². The summed E-state index contributed by atoms with van der Waals surface area (Å²) in [6, 6.07) is 0.214. The first-order valence-corrected chi connectivity index (χ1v) is 7.28. The molecule has 0 spiro atoms. The van der Waals surface area contributed by atoms with Gasteiger partial charge in [0.15, 0.2) is 11.5 Å². The highest BCUT2D eigenvalue weighted by atomic mass is 32.1. The van der Waals surface area contributed by atoms with Gasteiger partial charge in [-0.15, -0.1) is 5.10 Å². The van der Waals surface area contributed by atoms with Crippen molar-refractivity contribution in [2.45, 2.75) is 19.4 Å². The molecule has 102 valence electrons. The van der Waals surface area contributed by atoms with Crippen LogP contribution in [0.4, 0.5) is 0 Å². The van der Waals surface area contributed by atoms with Crippen molar-refractivity contribution in [3.8, 4) is 11.6 Å². The predicted octanol–water partition coefficient (Wildman–Crippen LogP) is 0.944. The van der Waals surface area contributed by atoms with Crippen molar-refractivity contribution in [1.82, 2.24) is 29.9 Å². The van der Waals surface area contributed by atoms with Gasteiger partial charge in [0.1, 0.15) is 0 Å². The molecule has 2 aromatic rings. The highest BCUT2D eigenvalue weighted by Gasteiger charge is 2.25. The second kappa shape index (κ2) is 5.72. The number of nitrogens with zero attached hydrogens (tertiary/aromatic N) is 5. The van der Waals surface area contributed by atoms with Gasteiger partial charge in [-0.2, -0.15) is 4.98 Å². The van der Waals surface area contributed by atoms with Crippen molar-refractivity contribution in [2.24, 2.45) is 0 Å². The summed E-state index contributed by atoms with van der Waals surface area (Å²) in [4.78, 5) is 6.86. The minimum Gasteiger partial charge on any atom is -0.332 e. The average molecular weight is 280 g/mol. The molecule has 0 radical (unpaired) electrons. The van der Waals surface area contributed by atoms with Crippen LogP contribution in [-0.2, 0) is 0 Å². The number of nitrogens with one attached hydrogen (secondary N) is 1. The van der Waals surface area contributed by atoms with Gasteiger partial charge in [0.2, 0.25) is 0 Å². The zero-order chi connectivity index (χ0) is 13.1.